The van der Waals surface area contributed by atoms with Crippen LogP contribution in [0.15, 0.2) is 28.7 Å². The Labute approximate surface area is 121 Å². The minimum Gasteiger partial charge on any atom is -0.461 e. The smallest absolute Gasteiger partial charge is 0.134 e. The highest BCUT2D eigenvalue weighted by Crippen LogP contribution is 2.37. The monoisotopic (exact) mass is 326 g/mol. The zero-order valence-electron chi connectivity index (χ0n) is 10.2. The molecule has 1 aliphatic rings. The van der Waals surface area contributed by atoms with Crippen molar-refractivity contribution in [2.45, 2.75) is 42.8 Å². The molecule has 18 heavy (non-hydrogen) atoms. The Kier molecular flexibility index (Phi) is 3.67. The van der Waals surface area contributed by atoms with E-state index in [9.17, 15) is 0 Å². The van der Waals surface area contributed by atoms with Crippen LogP contribution in [0.1, 0.15) is 43.8 Å². The second kappa shape index (κ2) is 5.26. The van der Waals surface area contributed by atoms with Crippen LogP contribution >= 0.6 is 27.5 Å². The Hall–Kier alpha value is -0.470. The lowest BCUT2D eigenvalue weighted by molar-refractivity contribution is 0.459. The normalized spacial score (nSPS) is 25.2. The fourth-order valence-electron chi connectivity index (χ4n) is 2.80. The molecule has 0 amide bonds. The second-order valence-electron chi connectivity index (χ2n) is 5.15. The van der Waals surface area contributed by atoms with Gasteiger partial charge < -0.3 is 4.42 Å². The number of hydrogen-bond donors (Lipinski definition) is 0. The van der Waals surface area contributed by atoms with E-state index in [1.54, 1.807) is 0 Å². The molecule has 1 nitrogen and oxygen atoms in total. The minimum absolute atomic E-state index is 0.544. The first-order valence-corrected chi connectivity index (χ1v) is 7.85. The van der Waals surface area contributed by atoms with Gasteiger partial charge in [0.1, 0.15) is 11.3 Å². The van der Waals surface area contributed by atoms with E-state index in [0.29, 0.717) is 10.7 Å². The highest BCUT2D eigenvalue weighted by Gasteiger charge is 2.22. The first-order valence-electron chi connectivity index (χ1n) is 6.55. The Bertz CT molecular complexity index is 548. The topological polar surface area (TPSA) is 13.1 Å². The number of alkyl halides is 1. The molecule has 1 aromatic carbocycles. The van der Waals surface area contributed by atoms with Crippen molar-refractivity contribution in [2.75, 3.05) is 0 Å². The van der Waals surface area contributed by atoms with E-state index < -0.39 is 0 Å². The van der Waals surface area contributed by atoms with Gasteiger partial charge in [0, 0.05) is 21.2 Å². The Morgan fingerprint density at radius 3 is 2.89 bits per heavy atom. The van der Waals surface area contributed by atoms with Gasteiger partial charge in [-0.1, -0.05) is 40.4 Å². The molecule has 0 N–H and O–H groups in total. The molecule has 2 atom stereocenters. The summed E-state index contributed by atoms with van der Waals surface area (Å²) >= 11 is 9.78. The van der Waals surface area contributed by atoms with Crippen molar-refractivity contribution in [3.8, 4) is 0 Å². The molecule has 0 bridgehead atoms. The van der Waals surface area contributed by atoms with Crippen LogP contribution in [0, 0.1) is 0 Å². The third-order valence-corrected chi connectivity index (χ3v) is 4.83. The van der Waals surface area contributed by atoms with Crippen LogP contribution in [-0.2, 0) is 0 Å². The molecule has 0 aliphatic heterocycles. The second-order valence-corrected chi connectivity index (χ2v) is 6.88. The van der Waals surface area contributed by atoms with Crippen molar-refractivity contribution in [1.82, 2.24) is 0 Å². The van der Waals surface area contributed by atoms with E-state index >= 15 is 0 Å². The van der Waals surface area contributed by atoms with E-state index in [-0.39, 0.29) is 0 Å². The number of furan rings is 1. The van der Waals surface area contributed by atoms with Crippen molar-refractivity contribution >= 4 is 38.5 Å². The number of benzene rings is 1. The molecule has 1 fully saturated rings. The number of fused-ring (bicyclic) bond motifs is 1. The lowest BCUT2D eigenvalue weighted by atomic mass is 9.97. The predicted octanol–water partition coefficient (Wildman–Crippen LogP) is 5.90. The number of hydrogen-bond acceptors (Lipinski definition) is 1. The molecule has 1 aliphatic carbocycles. The summed E-state index contributed by atoms with van der Waals surface area (Å²) in [6, 6.07) is 7.99. The van der Waals surface area contributed by atoms with Gasteiger partial charge in [0.2, 0.25) is 0 Å². The standard InChI is InChI=1S/C15H16BrClO/c16-12-4-2-1-3-10(7-12)15-9-11-8-13(17)5-6-14(11)18-15/h5-6,8-10,12H,1-4,7H2. The van der Waals surface area contributed by atoms with Crippen LogP contribution in [0.25, 0.3) is 11.0 Å². The van der Waals surface area contributed by atoms with Crippen LogP contribution in [0.3, 0.4) is 0 Å². The number of rotatable bonds is 1. The van der Waals surface area contributed by atoms with E-state index in [1.165, 1.54) is 32.1 Å². The summed E-state index contributed by atoms with van der Waals surface area (Å²) in [6.45, 7) is 0. The zero-order valence-corrected chi connectivity index (χ0v) is 12.5. The van der Waals surface area contributed by atoms with Crippen LogP contribution in [-0.4, -0.2) is 4.83 Å². The molecule has 0 saturated heterocycles. The maximum absolute atomic E-state index is 6.01. The number of halogens is 2. The van der Waals surface area contributed by atoms with Gasteiger partial charge in [-0.3, -0.25) is 0 Å². The molecule has 96 valence electrons. The lowest BCUT2D eigenvalue weighted by Gasteiger charge is -2.13. The molecule has 2 unspecified atom stereocenters. The highest BCUT2D eigenvalue weighted by molar-refractivity contribution is 9.09. The first kappa shape index (κ1) is 12.6. The van der Waals surface area contributed by atoms with Crippen molar-refractivity contribution in [3.63, 3.8) is 0 Å². The summed E-state index contributed by atoms with van der Waals surface area (Å²) in [5.74, 6) is 1.67. The van der Waals surface area contributed by atoms with Gasteiger partial charge in [0.25, 0.3) is 0 Å². The van der Waals surface area contributed by atoms with Gasteiger partial charge in [-0.2, -0.15) is 0 Å². The fourth-order valence-corrected chi connectivity index (χ4v) is 3.75. The Morgan fingerprint density at radius 2 is 2.00 bits per heavy atom. The van der Waals surface area contributed by atoms with Crippen LogP contribution < -0.4 is 0 Å². The highest BCUT2D eigenvalue weighted by atomic mass is 79.9. The largest absolute Gasteiger partial charge is 0.461 e. The molecular formula is C15H16BrClO. The molecule has 1 heterocycles. The SMILES string of the molecule is Clc1ccc2oc(C3CCCCC(Br)C3)cc2c1. The molecule has 3 heteroatoms. The van der Waals surface area contributed by atoms with E-state index in [0.717, 1.165) is 21.8 Å². The summed E-state index contributed by atoms with van der Waals surface area (Å²) in [4.78, 5) is 0.627. The quantitative estimate of drug-likeness (QED) is 0.469. The van der Waals surface area contributed by atoms with Crippen molar-refractivity contribution < 1.29 is 4.42 Å². The van der Waals surface area contributed by atoms with Crippen LogP contribution in [0.4, 0.5) is 0 Å². The predicted molar refractivity (Wildman–Crippen MR) is 79.8 cm³/mol. The van der Waals surface area contributed by atoms with E-state index in [2.05, 4.69) is 22.0 Å². The maximum Gasteiger partial charge on any atom is 0.134 e. The summed E-state index contributed by atoms with van der Waals surface area (Å²) in [7, 11) is 0. The summed E-state index contributed by atoms with van der Waals surface area (Å²) in [6.07, 6.45) is 6.30. The fraction of sp³-hybridized carbons (Fsp3) is 0.467. The third kappa shape index (κ3) is 2.60. The molecule has 0 radical (unpaired) electrons. The molecule has 1 saturated carbocycles. The minimum atomic E-state index is 0.544. The average Bonchev–Trinajstić information content (AvgIpc) is 2.63. The Balaban J connectivity index is 1.93. The van der Waals surface area contributed by atoms with Crippen molar-refractivity contribution in [2.24, 2.45) is 0 Å². The average molecular weight is 328 g/mol. The van der Waals surface area contributed by atoms with Gasteiger partial charge >= 0.3 is 0 Å². The van der Waals surface area contributed by atoms with E-state index in [4.69, 9.17) is 16.0 Å². The van der Waals surface area contributed by atoms with Gasteiger partial charge in [-0.25, -0.2) is 0 Å². The zero-order chi connectivity index (χ0) is 12.5. The summed E-state index contributed by atoms with van der Waals surface area (Å²) in [5.41, 5.74) is 0.949. The van der Waals surface area contributed by atoms with Gasteiger partial charge in [0.15, 0.2) is 0 Å². The molecule has 3 rings (SSSR count). The van der Waals surface area contributed by atoms with Crippen molar-refractivity contribution in [3.05, 3.63) is 35.0 Å². The summed E-state index contributed by atoms with van der Waals surface area (Å²) < 4.78 is 5.99. The van der Waals surface area contributed by atoms with Gasteiger partial charge in [-0.15, -0.1) is 0 Å². The van der Waals surface area contributed by atoms with Crippen LogP contribution in [0.2, 0.25) is 5.02 Å². The summed E-state index contributed by atoms with van der Waals surface area (Å²) in [5, 5.41) is 1.89. The van der Waals surface area contributed by atoms with E-state index in [1.807, 2.05) is 18.2 Å². The van der Waals surface area contributed by atoms with Crippen LogP contribution in [0.5, 0.6) is 0 Å². The van der Waals surface area contributed by atoms with Gasteiger partial charge in [-0.05, 0) is 43.5 Å². The molecule has 2 aromatic rings. The molecular weight excluding hydrogens is 312 g/mol. The lowest BCUT2D eigenvalue weighted by Crippen LogP contribution is -2.02. The first-order chi connectivity index (χ1) is 8.72. The van der Waals surface area contributed by atoms with Gasteiger partial charge in [0.05, 0.1) is 0 Å². The van der Waals surface area contributed by atoms with Crippen molar-refractivity contribution in [1.29, 1.82) is 0 Å². The Morgan fingerprint density at radius 1 is 1.17 bits per heavy atom. The third-order valence-electron chi connectivity index (χ3n) is 3.76. The maximum atomic E-state index is 6.01. The molecule has 0 spiro atoms. The molecule has 1 aromatic heterocycles.